The van der Waals surface area contributed by atoms with Crippen LogP contribution in [-0.4, -0.2) is 37.0 Å². The monoisotopic (exact) mass is 496 g/mol. The molecular weight excluding hydrogens is 472 g/mol. The van der Waals surface area contributed by atoms with Gasteiger partial charge in [-0.1, -0.05) is 41.9 Å². The molecule has 0 aromatic heterocycles. The van der Waals surface area contributed by atoms with Gasteiger partial charge in [0.25, 0.3) is 5.69 Å². The second-order valence-corrected chi connectivity index (χ2v) is 8.93. The van der Waals surface area contributed by atoms with E-state index in [-0.39, 0.29) is 42.6 Å². The van der Waals surface area contributed by atoms with Gasteiger partial charge < -0.3 is 14.8 Å². The molecule has 0 saturated heterocycles. The Labute approximate surface area is 207 Å². The number of hydrogen-bond acceptors (Lipinski definition) is 7. The summed E-state index contributed by atoms with van der Waals surface area (Å²) in [7, 11) is 1.50. The van der Waals surface area contributed by atoms with Gasteiger partial charge in [0.15, 0.2) is 5.78 Å². The van der Waals surface area contributed by atoms with Crippen LogP contribution in [-0.2, 0) is 19.1 Å². The summed E-state index contributed by atoms with van der Waals surface area (Å²) in [6.07, 6.45) is 0.723. The molecule has 2 aliphatic rings. The number of carbonyl (C=O) groups is 2. The highest BCUT2D eigenvalue weighted by Crippen LogP contribution is 2.46. The van der Waals surface area contributed by atoms with Crippen molar-refractivity contribution in [2.45, 2.75) is 31.6 Å². The number of ketones is 1. The molecule has 1 N–H and O–H groups in total. The summed E-state index contributed by atoms with van der Waals surface area (Å²) in [5.41, 5.74) is 3.15. The third kappa shape index (κ3) is 4.99. The van der Waals surface area contributed by atoms with Crippen molar-refractivity contribution < 1.29 is 24.0 Å². The van der Waals surface area contributed by atoms with Crippen molar-refractivity contribution in [3.8, 4) is 0 Å². The number of esters is 1. The maximum absolute atomic E-state index is 13.6. The van der Waals surface area contributed by atoms with Crippen molar-refractivity contribution in [1.82, 2.24) is 5.32 Å². The van der Waals surface area contributed by atoms with Gasteiger partial charge in [0.1, 0.15) is 6.61 Å². The fraction of sp³-hybridized carbons (Fsp3) is 0.308. The zero-order valence-corrected chi connectivity index (χ0v) is 20.1. The van der Waals surface area contributed by atoms with Crippen LogP contribution < -0.4 is 5.32 Å². The summed E-state index contributed by atoms with van der Waals surface area (Å²) in [6, 6.07) is 13.5. The van der Waals surface area contributed by atoms with Gasteiger partial charge in [0.05, 0.1) is 17.1 Å². The lowest BCUT2D eigenvalue weighted by molar-refractivity contribution is -0.384. The fourth-order valence-electron chi connectivity index (χ4n) is 4.78. The molecular formula is C26H25ClN2O6. The van der Waals surface area contributed by atoms with Crippen LogP contribution in [0.2, 0.25) is 5.02 Å². The minimum Gasteiger partial charge on any atom is -0.460 e. The van der Waals surface area contributed by atoms with Crippen LogP contribution in [0.1, 0.15) is 42.7 Å². The van der Waals surface area contributed by atoms with E-state index in [4.69, 9.17) is 21.1 Å². The standard InChI is InChI=1S/C26H25ClN2O6/c1-15-23(26(31)35-11-10-34-2)24(16-6-5-7-18(12-16)29(32)33)25-21(28-15)13-17(14-22(25)30)19-8-3-4-9-20(19)27/h3-9,12,17,24,28H,10-11,13-14H2,1-2H3/t17-,24+/m1/s1. The first-order valence-electron chi connectivity index (χ1n) is 11.2. The minimum absolute atomic E-state index is 0.0439. The Bertz CT molecular complexity index is 1250. The van der Waals surface area contributed by atoms with E-state index in [1.54, 1.807) is 25.1 Å². The van der Waals surface area contributed by atoms with Crippen molar-refractivity contribution >= 4 is 29.0 Å². The summed E-state index contributed by atoms with van der Waals surface area (Å²) in [5, 5.41) is 15.3. The summed E-state index contributed by atoms with van der Waals surface area (Å²) in [6.45, 7) is 2.01. The molecule has 0 bridgehead atoms. The van der Waals surface area contributed by atoms with E-state index >= 15 is 0 Å². The van der Waals surface area contributed by atoms with E-state index in [9.17, 15) is 19.7 Å². The number of dihydropyridines is 1. The largest absolute Gasteiger partial charge is 0.460 e. The van der Waals surface area contributed by atoms with Gasteiger partial charge in [-0.05, 0) is 36.5 Å². The van der Waals surface area contributed by atoms with E-state index < -0.39 is 16.8 Å². The van der Waals surface area contributed by atoms with Crippen molar-refractivity contribution in [2.24, 2.45) is 0 Å². The lowest BCUT2D eigenvalue weighted by atomic mass is 9.71. The molecule has 2 aromatic rings. The van der Waals surface area contributed by atoms with Crippen molar-refractivity contribution in [3.05, 3.63) is 97.3 Å². The van der Waals surface area contributed by atoms with Crippen LogP contribution in [0.3, 0.4) is 0 Å². The average molecular weight is 497 g/mol. The zero-order valence-electron chi connectivity index (χ0n) is 19.4. The second-order valence-electron chi connectivity index (χ2n) is 8.52. The topological polar surface area (TPSA) is 108 Å². The number of rotatable bonds is 7. The van der Waals surface area contributed by atoms with Crippen molar-refractivity contribution in [1.29, 1.82) is 0 Å². The number of halogens is 1. The molecule has 0 saturated carbocycles. The average Bonchev–Trinajstić information content (AvgIpc) is 2.83. The molecule has 9 heteroatoms. The first-order valence-corrected chi connectivity index (χ1v) is 11.6. The lowest BCUT2D eigenvalue weighted by Gasteiger charge is -2.36. The van der Waals surface area contributed by atoms with E-state index in [0.29, 0.717) is 34.0 Å². The van der Waals surface area contributed by atoms with Gasteiger partial charge in [0.2, 0.25) is 0 Å². The highest BCUT2D eigenvalue weighted by atomic mass is 35.5. The molecule has 182 valence electrons. The first-order chi connectivity index (χ1) is 16.8. The maximum atomic E-state index is 13.6. The Morgan fingerprint density at radius 1 is 1.17 bits per heavy atom. The number of nitrogens with one attached hydrogen (secondary N) is 1. The number of ether oxygens (including phenoxy) is 2. The normalized spacial score (nSPS) is 19.8. The van der Waals surface area contributed by atoms with Gasteiger partial charge >= 0.3 is 5.97 Å². The van der Waals surface area contributed by atoms with Gasteiger partial charge in [-0.25, -0.2) is 4.79 Å². The predicted molar refractivity (Wildman–Crippen MR) is 130 cm³/mol. The number of nitro groups is 1. The number of allylic oxidation sites excluding steroid dienone is 3. The Kier molecular flexibility index (Phi) is 7.33. The lowest BCUT2D eigenvalue weighted by Crippen LogP contribution is -2.36. The molecule has 0 spiro atoms. The Morgan fingerprint density at radius 2 is 1.94 bits per heavy atom. The highest BCUT2D eigenvalue weighted by Gasteiger charge is 2.42. The van der Waals surface area contributed by atoms with Crippen molar-refractivity contribution in [3.63, 3.8) is 0 Å². The number of methoxy groups -OCH3 is 1. The third-order valence-electron chi connectivity index (χ3n) is 6.33. The Hall–Kier alpha value is -3.49. The molecule has 8 nitrogen and oxygen atoms in total. The quantitative estimate of drug-likeness (QED) is 0.254. The van der Waals surface area contributed by atoms with Crippen LogP contribution in [0.5, 0.6) is 0 Å². The minimum atomic E-state index is -0.791. The van der Waals surface area contributed by atoms with E-state index in [2.05, 4.69) is 5.32 Å². The highest BCUT2D eigenvalue weighted by molar-refractivity contribution is 6.31. The zero-order chi connectivity index (χ0) is 25.1. The Balaban J connectivity index is 1.79. The molecule has 0 amide bonds. The molecule has 1 heterocycles. The van der Waals surface area contributed by atoms with Gasteiger partial charge in [0, 0.05) is 53.6 Å². The molecule has 1 aliphatic carbocycles. The van der Waals surface area contributed by atoms with Gasteiger partial charge in [-0.3, -0.25) is 14.9 Å². The van der Waals surface area contributed by atoms with E-state index in [1.807, 2.05) is 18.2 Å². The van der Waals surface area contributed by atoms with Crippen molar-refractivity contribution in [2.75, 3.05) is 20.3 Å². The number of carbonyl (C=O) groups excluding carboxylic acids is 2. The van der Waals surface area contributed by atoms with Crippen LogP contribution in [0.4, 0.5) is 5.69 Å². The van der Waals surface area contributed by atoms with Crippen LogP contribution in [0.15, 0.2) is 71.1 Å². The van der Waals surface area contributed by atoms with Crippen LogP contribution in [0.25, 0.3) is 0 Å². The number of hydrogen-bond donors (Lipinski definition) is 1. The number of benzene rings is 2. The fourth-order valence-corrected chi connectivity index (χ4v) is 5.07. The molecule has 2 atom stereocenters. The van der Waals surface area contributed by atoms with Crippen LogP contribution in [0, 0.1) is 10.1 Å². The van der Waals surface area contributed by atoms with Crippen LogP contribution >= 0.6 is 11.6 Å². The first kappa shape index (κ1) is 24.6. The maximum Gasteiger partial charge on any atom is 0.336 e. The number of Topliss-reactive ketones (excluding diaryl/α,β-unsaturated/α-hetero) is 1. The third-order valence-corrected chi connectivity index (χ3v) is 6.67. The molecule has 4 rings (SSSR count). The summed E-state index contributed by atoms with van der Waals surface area (Å²) >= 11 is 6.41. The molecule has 1 aliphatic heterocycles. The molecule has 2 aromatic carbocycles. The Morgan fingerprint density at radius 3 is 2.66 bits per heavy atom. The summed E-state index contributed by atoms with van der Waals surface area (Å²) in [5.74, 6) is -1.66. The van der Waals surface area contributed by atoms with Gasteiger partial charge in [-0.15, -0.1) is 0 Å². The molecule has 35 heavy (non-hydrogen) atoms. The summed E-state index contributed by atoms with van der Waals surface area (Å²) in [4.78, 5) is 37.7. The molecule has 0 radical (unpaired) electrons. The predicted octanol–water partition coefficient (Wildman–Crippen LogP) is 4.80. The van der Waals surface area contributed by atoms with E-state index in [1.165, 1.54) is 19.2 Å². The van der Waals surface area contributed by atoms with E-state index in [0.717, 1.165) is 5.56 Å². The molecule has 0 unspecified atom stereocenters. The summed E-state index contributed by atoms with van der Waals surface area (Å²) < 4.78 is 10.4. The number of nitro benzene ring substituents is 1. The van der Waals surface area contributed by atoms with Gasteiger partial charge in [-0.2, -0.15) is 0 Å². The smallest absolute Gasteiger partial charge is 0.336 e. The molecule has 0 fully saturated rings. The number of non-ortho nitro benzene ring substituents is 1. The number of nitrogens with zero attached hydrogens (tertiary/aromatic N) is 1. The SMILES string of the molecule is COCCOC(=O)C1=C(C)NC2=C(C(=O)C[C@H](c3ccccc3Cl)C2)[C@H]1c1cccc([N+](=O)[O-])c1. The second kappa shape index (κ2) is 10.4.